The molecule has 21 heavy (non-hydrogen) atoms. The first-order valence-electron chi connectivity index (χ1n) is 7.55. The molecule has 5 heteroatoms. The van der Waals surface area contributed by atoms with Crippen molar-refractivity contribution in [2.24, 2.45) is 11.7 Å². The van der Waals surface area contributed by atoms with Gasteiger partial charge in [-0.2, -0.15) is 0 Å². The van der Waals surface area contributed by atoms with E-state index in [0.717, 1.165) is 18.0 Å². The highest BCUT2D eigenvalue weighted by molar-refractivity contribution is 6.42. The van der Waals surface area contributed by atoms with E-state index in [9.17, 15) is 0 Å². The fraction of sp³-hybridized carbons (Fsp3) is 0.625. The van der Waals surface area contributed by atoms with Crippen molar-refractivity contribution in [1.29, 1.82) is 0 Å². The minimum atomic E-state index is 0.194. The van der Waals surface area contributed by atoms with Crippen LogP contribution in [0.25, 0.3) is 0 Å². The van der Waals surface area contributed by atoms with Crippen LogP contribution in [-0.2, 0) is 0 Å². The van der Waals surface area contributed by atoms with Crippen molar-refractivity contribution in [2.75, 3.05) is 40.3 Å². The highest BCUT2D eigenvalue weighted by Gasteiger charge is 2.22. The molecule has 3 nitrogen and oxygen atoms in total. The van der Waals surface area contributed by atoms with E-state index < -0.39 is 0 Å². The number of nitrogens with two attached hydrogens (primary N) is 1. The maximum atomic E-state index is 6.13. The summed E-state index contributed by atoms with van der Waals surface area (Å²) in [7, 11) is 4.34. The zero-order valence-corrected chi connectivity index (χ0v) is 14.4. The molecule has 0 spiro atoms. The largest absolute Gasteiger partial charge is 0.329 e. The monoisotopic (exact) mass is 329 g/mol. The first-order valence-corrected chi connectivity index (χ1v) is 8.30. The minimum Gasteiger partial charge on any atom is -0.329 e. The van der Waals surface area contributed by atoms with Gasteiger partial charge in [0.1, 0.15) is 0 Å². The third kappa shape index (κ3) is 4.57. The van der Waals surface area contributed by atoms with Crippen LogP contribution in [0.15, 0.2) is 18.2 Å². The van der Waals surface area contributed by atoms with Gasteiger partial charge in [0.2, 0.25) is 0 Å². The molecule has 1 fully saturated rings. The number of likely N-dealkylation sites (N-methyl/N-ethyl adjacent to an activating group) is 1. The number of likely N-dealkylation sites (tertiary alicyclic amines) is 1. The average Bonchev–Trinajstić information content (AvgIpc) is 2.46. The standard InChI is InChI=1S/C16H25Cl2N3/c1-20-7-5-12(6-8-20)11-21(2)16(10-19)13-3-4-14(17)15(18)9-13/h3-4,9,12,16H,5-8,10-11,19H2,1-2H3. The predicted octanol–water partition coefficient (Wildman–Crippen LogP) is 3.27. The summed E-state index contributed by atoms with van der Waals surface area (Å²) in [4.78, 5) is 4.76. The molecule has 1 unspecified atom stereocenters. The fourth-order valence-electron chi connectivity index (χ4n) is 3.07. The molecule has 2 N–H and O–H groups in total. The molecular weight excluding hydrogens is 305 g/mol. The summed E-state index contributed by atoms with van der Waals surface area (Å²) in [6.07, 6.45) is 2.53. The summed E-state index contributed by atoms with van der Waals surface area (Å²) < 4.78 is 0. The van der Waals surface area contributed by atoms with Crippen LogP contribution in [0.4, 0.5) is 0 Å². The van der Waals surface area contributed by atoms with Gasteiger partial charge in [-0.25, -0.2) is 0 Å². The summed E-state index contributed by atoms with van der Waals surface area (Å²) in [5.74, 6) is 0.753. The van der Waals surface area contributed by atoms with Crippen molar-refractivity contribution in [3.8, 4) is 0 Å². The Labute approximate surface area is 138 Å². The summed E-state index contributed by atoms with van der Waals surface area (Å²) >= 11 is 12.1. The molecule has 0 amide bonds. The zero-order valence-electron chi connectivity index (χ0n) is 12.9. The smallest absolute Gasteiger partial charge is 0.0595 e. The molecule has 0 radical (unpaired) electrons. The average molecular weight is 330 g/mol. The van der Waals surface area contributed by atoms with Crippen LogP contribution in [0, 0.1) is 5.92 Å². The molecular formula is C16H25Cl2N3. The Morgan fingerprint density at radius 2 is 1.95 bits per heavy atom. The predicted molar refractivity (Wildman–Crippen MR) is 91.1 cm³/mol. The molecule has 1 saturated heterocycles. The number of benzene rings is 1. The normalized spacial score (nSPS) is 19.1. The van der Waals surface area contributed by atoms with Gasteiger partial charge in [-0.3, -0.25) is 4.90 Å². The first kappa shape index (κ1) is 17.0. The van der Waals surface area contributed by atoms with Crippen molar-refractivity contribution in [3.63, 3.8) is 0 Å². The summed E-state index contributed by atoms with van der Waals surface area (Å²) in [5.41, 5.74) is 7.14. The van der Waals surface area contributed by atoms with Gasteiger partial charge in [-0.1, -0.05) is 29.3 Å². The number of hydrogen-bond donors (Lipinski definition) is 1. The Morgan fingerprint density at radius 3 is 2.52 bits per heavy atom. The van der Waals surface area contributed by atoms with Gasteiger partial charge in [0.15, 0.2) is 0 Å². The zero-order chi connectivity index (χ0) is 15.4. The van der Waals surface area contributed by atoms with Gasteiger partial charge < -0.3 is 10.6 Å². The minimum absolute atomic E-state index is 0.194. The highest BCUT2D eigenvalue weighted by atomic mass is 35.5. The van der Waals surface area contributed by atoms with Gasteiger partial charge in [0, 0.05) is 19.1 Å². The third-order valence-electron chi connectivity index (χ3n) is 4.47. The molecule has 1 atom stereocenters. The lowest BCUT2D eigenvalue weighted by molar-refractivity contribution is 0.151. The molecule has 118 valence electrons. The van der Waals surface area contributed by atoms with E-state index in [2.05, 4.69) is 23.9 Å². The first-order chi connectivity index (χ1) is 10.0. The lowest BCUT2D eigenvalue weighted by Gasteiger charge is -2.35. The Balaban J connectivity index is 2.00. The summed E-state index contributed by atoms with van der Waals surface area (Å²) in [6.45, 7) is 4.05. The van der Waals surface area contributed by atoms with E-state index in [0.29, 0.717) is 16.6 Å². The van der Waals surface area contributed by atoms with Gasteiger partial charge >= 0.3 is 0 Å². The maximum Gasteiger partial charge on any atom is 0.0595 e. The van der Waals surface area contributed by atoms with Crippen molar-refractivity contribution in [2.45, 2.75) is 18.9 Å². The number of halogens is 2. The lowest BCUT2D eigenvalue weighted by Crippen LogP contribution is -2.38. The number of rotatable bonds is 5. The molecule has 1 aliphatic heterocycles. The van der Waals surface area contributed by atoms with Crippen molar-refractivity contribution < 1.29 is 0 Å². The number of nitrogens with zero attached hydrogens (tertiary/aromatic N) is 2. The fourth-order valence-corrected chi connectivity index (χ4v) is 3.38. The van der Waals surface area contributed by atoms with E-state index in [4.69, 9.17) is 28.9 Å². The molecule has 1 aromatic carbocycles. The lowest BCUT2D eigenvalue weighted by atomic mass is 9.95. The summed E-state index contributed by atoms with van der Waals surface area (Å²) in [6, 6.07) is 6.01. The molecule has 2 rings (SSSR count). The Morgan fingerprint density at radius 1 is 1.29 bits per heavy atom. The van der Waals surface area contributed by atoms with Gasteiger partial charge in [0.05, 0.1) is 10.0 Å². The van der Waals surface area contributed by atoms with Crippen LogP contribution in [0.1, 0.15) is 24.4 Å². The van der Waals surface area contributed by atoms with Crippen LogP contribution < -0.4 is 5.73 Å². The van der Waals surface area contributed by atoms with Gasteiger partial charge in [-0.05, 0) is 63.6 Å². The molecule has 1 aliphatic rings. The van der Waals surface area contributed by atoms with Crippen LogP contribution >= 0.6 is 23.2 Å². The second-order valence-corrected chi connectivity index (χ2v) is 6.93. The van der Waals surface area contributed by atoms with Crippen LogP contribution in [0.5, 0.6) is 0 Å². The Hall–Kier alpha value is -0.320. The topological polar surface area (TPSA) is 32.5 Å². The van der Waals surface area contributed by atoms with Crippen LogP contribution in [-0.4, -0.2) is 50.1 Å². The molecule has 0 aromatic heterocycles. The third-order valence-corrected chi connectivity index (χ3v) is 5.21. The number of piperidine rings is 1. The molecule has 1 aromatic rings. The second kappa shape index (κ2) is 7.80. The Kier molecular flexibility index (Phi) is 6.33. The molecule has 0 saturated carbocycles. The quantitative estimate of drug-likeness (QED) is 0.899. The van der Waals surface area contributed by atoms with E-state index in [1.807, 2.05) is 18.2 Å². The van der Waals surface area contributed by atoms with Crippen LogP contribution in [0.2, 0.25) is 10.0 Å². The van der Waals surface area contributed by atoms with Gasteiger partial charge in [0.25, 0.3) is 0 Å². The van der Waals surface area contributed by atoms with Gasteiger partial charge in [-0.15, -0.1) is 0 Å². The second-order valence-electron chi connectivity index (χ2n) is 6.11. The highest BCUT2D eigenvalue weighted by Crippen LogP contribution is 2.28. The Bertz CT molecular complexity index is 459. The molecule has 1 heterocycles. The van der Waals surface area contributed by atoms with E-state index >= 15 is 0 Å². The summed E-state index contributed by atoms with van der Waals surface area (Å²) in [5, 5.41) is 1.19. The van der Waals surface area contributed by atoms with E-state index in [1.54, 1.807) is 0 Å². The van der Waals surface area contributed by atoms with Crippen molar-refractivity contribution >= 4 is 23.2 Å². The molecule has 0 bridgehead atoms. The maximum absolute atomic E-state index is 6.13. The van der Waals surface area contributed by atoms with Crippen LogP contribution in [0.3, 0.4) is 0 Å². The SMILES string of the molecule is CN1CCC(CN(C)C(CN)c2ccc(Cl)c(Cl)c2)CC1. The van der Waals surface area contributed by atoms with Crippen molar-refractivity contribution in [1.82, 2.24) is 9.80 Å². The molecule has 0 aliphatic carbocycles. The van der Waals surface area contributed by atoms with Crippen molar-refractivity contribution in [3.05, 3.63) is 33.8 Å². The number of hydrogen-bond acceptors (Lipinski definition) is 3. The van der Waals surface area contributed by atoms with E-state index in [-0.39, 0.29) is 6.04 Å². The van der Waals surface area contributed by atoms with E-state index in [1.165, 1.54) is 25.9 Å².